The minimum Gasteiger partial charge on any atom is -0.462 e. The first-order chi connectivity index (χ1) is 34.3. The van der Waals surface area contributed by atoms with Crippen LogP contribution in [0.5, 0.6) is 0 Å². The first kappa shape index (κ1) is 68.2. The van der Waals surface area contributed by atoms with Gasteiger partial charge in [-0.1, -0.05) is 256 Å². The third kappa shape index (κ3) is 55.5. The van der Waals surface area contributed by atoms with E-state index >= 15 is 0 Å². The third-order valence-corrected chi connectivity index (χ3v) is 14.2. The van der Waals surface area contributed by atoms with Gasteiger partial charge in [0.05, 0.1) is 13.2 Å². The molecule has 0 fully saturated rings. The molecule has 0 saturated carbocycles. The van der Waals surface area contributed by atoms with Crippen molar-refractivity contribution in [3.8, 4) is 0 Å². The molecule has 0 radical (unpaired) electrons. The van der Waals surface area contributed by atoms with Crippen LogP contribution in [0, 0.1) is 0 Å². The van der Waals surface area contributed by atoms with Gasteiger partial charge in [-0.25, -0.2) is 4.57 Å². The Morgan fingerprint density at radius 3 is 1.11 bits per heavy atom. The highest BCUT2D eigenvalue weighted by atomic mass is 31.2. The molecular weight excluding hydrogens is 894 g/mol. The Hall–Kier alpha value is -1.77. The molecule has 0 aromatic heterocycles. The Morgan fingerprint density at radius 1 is 0.429 bits per heavy atom. The van der Waals surface area contributed by atoms with Gasteiger partial charge in [-0.15, -0.1) is 0 Å². The van der Waals surface area contributed by atoms with Crippen LogP contribution in [0.4, 0.5) is 0 Å². The number of hydrogen-bond donors (Lipinski definition) is 2. The Morgan fingerprint density at radius 2 is 0.743 bits per heavy atom. The zero-order chi connectivity index (χ0) is 51.0. The van der Waals surface area contributed by atoms with E-state index in [1.54, 1.807) is 0 Å². The summed E-state index contributed by atoms with van der Waals surface area (Å²) in [6.45, 7) is 3.75. The molecule has 412 valence electrons. The lowest BCUT2D eigenvalue weighted by Gasteiger charge is -2.19. The monoisotopic (exact) mass is 1010 g/mol. The molecule has 3 N–H and O–H groups in total. The predicted molar refractivity (Wildman–Crippen MR) is 298 cm³/mol. The zero-order valence-corrected chi connectivity index (χ0v) is 46.9. The van der Waals surface area contributed by atoms with Gasteiger partial charge in [-0.2, -0.15) is 0 Å². The molecule has 0 aliphatic heterocycles. The number of ether oxygens (including phenoxy) is 2. The van der Waals surface area contributed by atoms with Crippen molar-refractivity contribution in [1.82, 2.24) is 0 Å². The molecule has 2 atom stereocenters. The molecule has 0 aliphatic rings. The molecular formula is C60H114NO8P. The number of phosphoric ester groups is 1. The van der Waals surface area contributed by atoms with Crippen LogP contribution in [0.1, 0.15) is 303 Å². The molecule has 0 heterocycles. The molecule has 0 aromatic carbocycles. The summed E-state index contributed by atoms with van der Waals surface area (Å²) in [6.07, 6.45) is 68.0. The van der Waals surface area contributed by atoms with Gasteiger partial charge in [0.2, 0.25) is 0 Å². The number of hydrogen-bond acceptors (Lipinski definition) is 8. The van der Waals surface area contributed by atoms with Gasteiger partial charge in [0.25, 0.3) is 0 Å². The average Bonchev–Trinajstić information content (AvgIpc) is 3.35. The quantitative estimate of drug-likeness (QED) is 0.0264. The molecule has 0 spiro atoms. The Balaban J connectivity index is 3.83. The summed E-state index contributed by atoms with van der Waals surface area (Å²) in [5.74, 6) is -0.831. The van der Waals surface area contributed by atoms with Crippen LogP contribution < -0.4 is 5.73 Å². The lowest BCUT2D eigenvalue weighted by atomic mass is 10.0. The summed E-state index contributed by atoms with van der Waals surface area (Å²) < 4.78 is 33.0. The second-order valence-corrected chi connectivity index (χ2v) is 21.7. The molecule has 0 aliphatic carbocycles. The smallest absolute Gasteiger partial charge is 0.462 e. The van der Waals surface area contributed by atoms with E-state index in [0.29, 0.717) is 6.42 Å². The summed E-state index contributed by atoms with van der Waals surface area (Å²) in [5.41, 5.74) is 5.38. The topological polar surface area (TPSA) is 134 Å². The summed E-state index contributed by atoms with van der Waals surface area (Å²) >= 11 is 0. The van der Waals surface area contributed by atoms with Crippen LogP contribution in [0.25, 0.3) is 0 Å². The number of carbonyl (C=O) groups excluding carboxylic acids is 2. The largest absolute Gasteiger partial charge is 0.472 e. The summed E-state index contributed by atoms with van der Waals surface area (Å²) in [6, 6.07) is 0. The maximum atomic E-state index is 12.7. The van der Waals surface area contributed by atoms with Crippen LogP contribution in [0.3, 0.4) is 0 Å². The molecule has 0 aromatic rings. The average molecular weight is 1010 g/mol. The van der Waals surface area contributed by atoms with E-state index in [2.05, 4.69) is 50.3 Å². The normalized spacial score (nSPS) is 13.3. The lowest BCUT2D eigenvalue weighted by Crippen LogP contribution is -2.29. The van der Waals surface area contributed by atoms with Crippen molar-refractivity contribution in [2.75, 3.05) is 26.4 Å². The highest BCUT2D eigenvalue weighted by Crippen LogP contribution is 2.43. The highest BCUT2D eigenvalue weighted by Gasteiger charge is 2.26. The standard InChI is InChI=1S/C60H114NO8P/c1-3-5-7-9-11-13-15-17-19-21-22-23-24-25-26-27-28-29-30-31-32-33-34-35-36-37-39-40-42-44-46-48-50-52-59(62)66-56-58(57-68-70(64,65)67-55-54-61)69-60(63)53-51-49-47-45-43-41-38-20-18-16-14-12-10-8-6-4-2/h14,16,20-22,38,58H,3-13,15,17-19,23-37,39-57,61H2,1-2H3,(H,64,65)/b16-14-,22-21-,38-20-. The molecule has 0 bridgehead atoms. The van der Waals surface area contributed by atoms with Gasteiger partial charge >= 0.3 is 19.8 Å². The van der Waals surface area contributed by atoms with E-state index in [1.807, 2.05) is 0 Å². The molecule has 0 amide bonds. The van der Waals surface area contributed by atoms with Crippen LogP contribution in [-0.2, 0) is 32.7 Å². The molecule has 0 saturated heterocycles. The van der Waals surface area contributed by atoms with E-state index in [0.717, 1.165) is 57.8 Å². The van der Waals surface area contributed by atoms with Crippen LogP contribution >= 0.6 is 7.82 Å². The number of carbonyl (C=O) groups is 2. The fourth-order valence-corrected chi connectivity index (χ4v) is 9.55. The Kier molecular flexibility index (Phi) is 55.1. The number of esters is 2. The predicted octanol–water partition coefficient (Wildman–Crippen LogP) is 18.8. The third-order valence-electron chi connectivity index (χ3n) is 13.2. The Bertz CT molecular complexity index is 1240. The first-order valence-electron chi connectivity index (χ1n) is 30.0. The van der Waals surface area contributed by atoms with Crippen LogP contribution in [0.15, 0.2) is 36.5 Å². The van der Waals surface area contributed by atoms with Crippen molar-refractivity contribution in [1.29, 1.82) is 0 Å². The number of phosphoric acid groups is 1. The summed E-state index contributed by atoms with van der Waals surface area (Å²) in [7, 11) is -4.39. The van der Waals surface area contributed by atoms with Crippen molar-refractivity contribution in [2.45, 2.75) is 309 Å². The van der Waals surface area contributed by atoms with Crippen LogP contribution in [0.2, 0.25) is 0 Å². The van der Waals surface area contributed by atoms with E-state index < -0.39 is 26.5 Å². The molecule has 70 heavy (non-hydrogen) atoms. The maximum Gasteiger partial charge on any atom is 0.472 e. The minimum absolute atomic E-state index is 0.0520. The fraction of sp³-hybridized carbons (Fsp3) is 0.867. The number of allylic oxidation sites excluding steroid dienone is 6. The summed E-state index contributed by atoms with van der Waals surface area (Å²) in [5, 5.41) is 0. The van der Waals surface area contributed by atoms with Gasteiger partial charge in [0.1, 0.15) is 6.61 Å². The van der Waals surface area contributed by atoms with Gasteiger partial charge in [0, 0.05) is 19.4 Å². The first-order valence-corrected chi connectivity index (χ1v) is 31.5. The van der Waals surface area contributed by atoms with Crippen molar-refractivity contribution in [3.05, 3.63) is 36.5 Å². The second-order valence-electron chi connectivity index (χ2n) is 20.2. The maximum absolute atomic E-state index is 12.7. The van der Waals surface area contributed by atoms with Crippen molar-refractivity contribution >= 4 is 19.8 Å². The molecule has 2 unspecified atom stereocenters. The Labute approximate surface area is 433 Å². The molecule has 9 nitrogen and oxygen atoms in total. The van der Waals surface area contributed by atoms with E-state index in [1.165, 1.54) is 212 Å². The number of nitrogens with two attached hydrogens (primary N) is 1. The van der Waals surface area contributed by atoms with Gasteiger partial charge in [-0.05, 0) is 70.6 Å². The van der Waals surface area contributed by atoms with E-state index in [4.69, 9.17) is 24.3 Å². The van der Waals surface area contributed by atoms with Crippen molar-refractivity contribution < 1.29 is 37.6 Å². The SMILES string of the molecule is CCCCCC/C=C\C/C=C\CCCCCCCC(=O)OC(COC(=O)CCCCCCCCCCCCCCCCCCCCCCC/C=C\CCCCCCCCCC)COP(=O)(O)OCCN. The number of unbranched alkanes of at least 4 members (excludes halogenated alkanes) is 38. The van der Waals surface area contributed by atoms with E-state index in [-0.39, 0.29) is 38.6 Å². The lowest BCUT2D eigenvalue weighted by molar-refractivity contribution is -0.161. The molecule has 0 rings (SSSR count). The highest BCUT2D eigenvalue weighted by molar-refractivity contribution is 7.47. The fourth-order valence-electron chi connectivity index (χ4n) is 8.78. The van der Waals surface area contributed by atoms with E-state index in [9.17, 15) is 19.0 Å². The minimum atomic E-state index is -4.39. The van der Waals surface area contributed by atoms with Gasteiger partial charge in [0.15, 0.2) is 6.10 Å². The van der Waals surface area contributed by atoms with Crippen molar-refractivity contribution in [2.24, 2.45) is 5.73 Å². The van der Waals surface area contributed by atoms with Gasteiger partial charge in [-0.3, -0.25) is 18.6 Å². The number of rotatable bonds is 57. The van der Waals surface area contributed by atoms with Crippen LogP contribution in [-0.4, -0.2) is 49.3 Å². The van der Waals surface area contributed by atoms with Gasteiger partial charge < -0.3 is 20.1 Å². The second kappa shape index (κ2) is 56.5. The zero-order valence-electron chi connectivity index (χ0n) is 46.0. The summed E-state index contributed by atoms with van der Waals surface area (Å²) in [4.78, 5) is 35.1. The van der Waals surface area contributed by atoms with Crippen molar-refractivity contribution in [3.63, 3.8) is 0 Å². The molecule has 10 heteroatoms.